The van der Waals surface area contributed by atoms with Gasteiger partial charge in [-0.25, -0.2) is 0 Å². The Kier molecular flexibility index (Phi) is 7.03. The minimum atomic E-state index is 0.706. The second-order valence-corrected chi connectivity index (χ2v) is 10.4. The van der Waals surface area contributed by atoms with Crippen molar-refractivity contribution in [1.82, 2.24) is 0 Å². The number of aryl methyl sites for hydroxylation is 2. The fourth-order valence-electron chi connectivity index (χ4n) is 4.28. The van der Waals surface area contributed by atoms with E-state index in [0.717, 1.165) is 22.6 Å². The molecule has 4 aromatic carbocycles. The van der Waals surface area contributed by atoms with Gasteiger partial charge in [-0.1, -0.05) is 71.8 Å². The Bertz CT molecular complexity index is 1520. The normalized spacial score (nSPS) is 11.2. The van der Waals surface area contributed by atoms with E-state index in [2.05, 4.69) is 134 Å². The number of anilines is 3. The van der Waals surface area contributed by atoms with E-state index in [1.165, 1.54) is 32.0 Å². The Morgan fingerprint density at radius 1 is 0.622 bits per heavy atom. The molecule has 5 aromatic rings. The van der Waals surface area contributed by atoms with Crippen LogP contribution in [0.5, 0.6) is 0 Å². The molecule has 3 heteroatoms. The summed E-state index contributed by atoms with van der Waals surface area (Å²) in [7, 11) is 0. The molecule has 0 amide bonds. The van der Waals surface area contributed by atoms with Crippen molar-refractivity contribution in [1.29, 1.82) is 5.26 Å². The summed E-state index contributed by atoms with van der Waals surface area (Å²) in [6.45, 7) is 6.06. The molecule has 0 bridgehead atoms. The molecule has 0 radical (unpaired) electrons. The lowest BCUT2D eigenvalue weighted by Crippen LogP contribution is -2.09. The molecule has 0 spiro atoms. The second-order valence-electron chi connectivity index (χ2n) is 9.28. The molecule has 0 aliphatic rings. The number of nitriles is 1. The maximum absolute atomic E-state index is 9.00. The predicted octanol–water partition coefficient (Wildman–Crippen LogP) is 10.1. The van der Waals surface area contributed by atoms with Gasteiger partial charge in [0.25, 0.3) is 0 Å². The molecule has 5 rings (SSSR count). The zero-order chi connectivity index (χ0) is 25.8. The van der Waals surface area contributed by atoms with Crippen LogP contribution in [0.15, 0.2) is 115 Å². The Balaban J connectivity index is 1.42. The van der Waals surface area contributed by atoms with E-state index in [4.69, 9.17) is 5.26 Å². The van der Waals surface area contributed by atoms with Gasteiger partial charge in [-0.05, 0) is 92.1 Å². The van der Waals surface area contributed by atoms with Gasteiger partial charge in [-0.3, -0.25) is 0 Å². The summed E-state index contributed by atoms with van der Waals surface area (Å²) in [6, 6.07) is 41.1. The lowest BCUT2D eigenvalue weighted by Gasteiger charge is -2.26. The van der Waals surface area contributed by atoms with Crippen molar-refractivity contribution >= 4 is 34.5 Å². The number of hydrogen-bond acceptors (Lipinski definition) is 3. The van der Waals surface area contributed by atoms with E-state index in [1.54, 1.807) is 11.3 Å². The molecule has 1 aromatic heterocycles. The Morgan fingerprint density at radius 2 is 1.03 bits per heavy atom. The summed E-state index contributed by atoms with van der Waals surface area (Å²) in [5.74, 6) is 0. The highest BCUT2D eigenvalue weighted by molar-refractivity contribution is 7.18. The van der Waals surface area contributed by atoms with Crippen molar-refractivity contribution in [2.75, 3.05) is 4.90 Å². The predicted molar refractivity (Wildman–Crippen MR) is 159 cm³/mol. The number of benzene rings is 4. The Labute approximate surface area is 223 Å². The number of allylic oxidation sites excluding steroid dienone is 1. The van der Waals surface area contributed by atoms with E-state index in [0.29, 0.717) is 5.57 Å². The molecule has 0 atom stereocenters. The number of rotatable bonds is 6. The van der Waals surface area contributed by atoms with E-state index >= 15 is 0 Å². The third kappa shape index (κ3) is 5.56. The van der Waals surface area contributed by atoms with Crippen molar-refractivity contribution in [3.05, 3.63) is 131 Å². The van der Waals surface area contributed by atoms with Crippen LogP contribution in [0.1, 0.15) is 23.6 Å². The monoisotopic (exact) mass is 496 g/mol. The Hall–Kier alpha value is -4.39. The van der Waals surface area contributed by atoms with Crippen LogP contribution in [-0.4, -0.2) is 0 Å². The summed E-state index contributed by atoms with van der Waals surface area (Å²) in [5.41, 5.74) is 10.1. The lowest BCUT2D eigenvalue weighted by atomic mass is 10.1. The van der Waals surface area contributed by atoms with E-state index in [1.807, 2.05) is 13.0 Å². The quantitative estimate of drug-likeness (QED) is 0.219. The molecular formula is C34H28N2S. The van der Waals surface area contributed by atoms with Gasteiger partial charge in [-0.15, -0.1) is 11.3 Å². The molecule has 37 heavy (non-hydrogen) atoms. The maximum Gasteiger partial charge on any atom is 0.0944 e. The summed E-state index contributed by atoms with van der Waals surface area (Å²) in [6.07, 6.45) is 1.90. The molecule has 0 saturated carbocycles. The first-order valence-corrected chi connectivity index (χ1v) is 13.1. The highest BCUT2D eigenvalue weighted by Crippen LogP contribution is 2.38. The average molecular weight is 497 g/mol. The van der Waals surface area contributed by atoms with Crippen LogP contribution in [0.4, 0.5) is 17.1 Å². The van der Waals surface area contributed by atoms with Gasteiger partial charge in [0.1, 0.15) is 0 Å². The van der Waals surface area contributed by atoms with Crippen LogP contribution in [0.2, 0.25) is 0 Å². The smallest absolute Gasteiger partial charge is 0.0944 e. The van der Waals surface area contributed by atoms with E-state index in [-0.39, 0.29) is 0 Å². The van der Waals surface area contributed by atoms with Gasteiger partial charge >= 0.3 is 0 Å². The third-order valence-corrected chi connectivity index (χ3v) is 7.54. The summed E-state index contributed by atoms with van der Waals surface area (Å²) in [5, 5.41) is 9.00. The molecule has 180 valence electrons. The van der Waals surface area contributed by atoms with Crippen LogP contribution in [0, 0.1) is 25.2 Å². The molecule has 2 nitrogen and oxygen atoms in total. The SMILES string of the molecule is C/C(C#N)=C/c1ccc(-c2ccc(-c3ccc(N(c4ccc(C)cc4)c4ccc(C)cc4)cc3)s2)cc1. The van der Waals surface area contributed by atoms with Crippen LogP contribution in [0.25, 0.3) is 27.0 Å². The molecular weight excluding hydrogens is 468 g/mol. The average Bonchev–Trinajstić information content (AvgIpc) is 3.42. The van der Waals surface area contributed by atoms with E-state index in [9.17, 15) is 0 Å². The topological polar surface area (TPSA) is 27.0 Å². The van der Waals surface area contributed by atoms with Crippen LogP contribution in [-0.2, 0) is 0 Å². The number of thiophene rings is 1. The molecule has 0 saturated heterocycles. The standard InChI is InChI=1S/C34H28N2S/c1-24-4-14-30(15-5-24)36(31-16-6-25(2)7-17-31)32-18-12-29(13-19-32)34-21-20-33(37-34)28-10-8-27(9-11-28)22-26(3)23-35/h4-22H,1-3H3/b26-22-. The first-order chi connectivity index (χ1) is 18.0. The molecule has 1 heterocycles. The maximum atomic E-state index is 9.00. The fraction of sp³-hybridized carbons (Fsp3) is 0.0882. The van der Waals surface area contributed by atoms with Gasteiger partial charge < -0.3 is 4.90 Å². The first-order valence-electron chi connectivity index (χ1n) is 12.3. The van der Waals surface area contributed by atoms with Gasteiger partial charge in [0, 0.05) is 32.4 Å². The van der Waals surface area contributed by atoms with Crippen molar-refractivity contribution < 1.29 is 0 Å². The zero-order valence-corrected chi connectivity index (χ0v) is 22.1. The minimum absolute atomic E-state index is 0.706. The Morgan fingerprint density at radius 3 is 1.46 bits per heavy atom. The summed E-state index contributed by atoms with van der Waals surface area (Å²) < 4.78 is 0. The van der Waals surface area contributed by atoms with Crippen LogP contribution in [0.3, 0.4) is 0 Å². The van der Waals surface area contributed by atoms with Crippen molar-refractivity contribution in [2.45, 2.75) is 20.8 Å². The molecule has 0 N–H and O–H groups in total. The van der Waals surface area contributed by atoms with Gasteiger partial charge in [-0.2, -0.15) is 5.26 Å². The van der Waals surface area contributed by atoms with Crippen LogP contribution >= 0.6 is 11.3 Å². The summed E-state index contributed by atoms with van der Waals surface area (Å²) >= 11 is 1.79. The largest absolute Gasteiger partial charge is 0.311 e. The fourth-order valence-corrected chi connectivity index (χ4v) is 5.30. The molecule has 0 fully saturated rings. The second kappa shape index (κ2) is 10.7. The van der Waals surface area contributed by atoms with Gasteiger partial charge in [0.05, 0.1) is 6.07 Å². The molecule has 0 unspecified atom stereocenters. The summed E-state index contributed by atoms with van der Waals surface area (Å²) in [4.78, 5) is 4.77. The number of hydrogen-bond donors (Lipinski definition) is 0. The van der Waals surface area contributed by atoms with Crippen LogP contribution < -0.4 is 4.90 Å². The number of nitrogens with zero attached hydrogens (tertiary/aromatic N) is 2. The molecule has 0 aliphatic heterocycles. The van der Waals surface area contributed by atoms with Crippen molar-refractivity contribution in [3.63, 3.8) is 0 Å². The minimum Gasteiger partial charge on any atom is -0.311 e. The molecule has 0 aliphatic carbocycles. The van der Waals surface area contributed by atoms with Gasteiger partial charge in [0.15, 0.2) is 0 Å². The third-order valence-electron chi connectivity index (χ3n) is 6.36. The van der Waals surface area contributed by atoms with Crippen molar-refractivity contribution in [2.24, 2.45) is 0 Å². The van der Waals surface area contributed by atoms with E-state index < -0.39 is 0 Å². The first kappa shape index (κ1) is 24.3. The van der Waals surface area contributed by atoms with Crippen molar-refractivity contribution in [3.8, 4) is 27.0 Å². The highest BCUT2D eigenvalue weighted by Gasteiger charge is 2.13. The zero-order valence-electron chi connectivity index (χ0n) is 21.3. The lowest BCUT2D eigenvalue weighted by molar-refractivity contribution is 1.27. The van der Waals surface area contributed by atoms with Gasteiger partial charge in [0.2, 0.25) is 0 Å². The highest BCUT2D eigenvalue weighted by atomic mass is 32.1.